The van der Waals surface area contributed by atoms with Crippen molar-refractivity contribution < 1.29 is 9.90 Å². The molecule has 0 radical (unpaired) electrons. The van der Waals surface area contributed by atoms with Crippen LogP contribution >= 0.6 is 22.7 Å². The maximum absolute atomic E-state index is 10.4. The van der Waals surface area contributed by atoms with Crippen LogP contribution in [0.5, 0.6) is 0 Å². The molecule has 0 fully saturated rings. The lowest BCUT2D eigenvalue weighted by Crippen LogP contribution is -1.99. The Morgan fingerprint density at radius 1 is 1.50 bits per heavy atom. The van der Waals surface area contributed by atoms with Gasteiger partial charge in [0.1, 0.15) is 5.01 Å². The minimum atomic E-state index is -0.855. The highest BCUT2D eigenvalue weighted by Gasteiger charge is 2.08. The van der Waals surface area contributed by atoms with Crippen molar-refractivity contribution >= 4 is 28.6 Å². The highest BCUT2D eigenvalue weighted by Crippen LogP contribution is 2.26. The van der Waals surface area contributed by atoms with Crippen LogP contribution in [0.1, 0.15) is 5.69 Å². The summed E-state index contributed by atoms with van der Waals surface area (Å²) in [7, 11) is 0. The van der Waals surface area contributed by atoms with E-state index in [2.05, 4.69) is 9.97 Å². The number of hydrogen-bond acceptors (Lipinski definition) is 5. The summed E-state index contributed by atoms with van der Waals surface area (Å²) in [4.78, 5) is 19.5. The molecule has 1 N–H and O–H groups in total. The third kappa shape index (κ3) is 1.97. The van der Waals surface area contributed by atoms with Gasteiger partial charge < -0.3 is 5.11 Å². The van der Waals surface area contributed by atoms with E-state index in [4.69, 9.17) is 5.11 Å². The average molecular weight is 226 g/mol. The van der Waals surface area contributed by atoms with Crippen LogP contribution in [0, 0.1) is 0 Å². The van der Waals surface area contributed by atoms with Gasteiger partial charge in [-0.1, -0.05) is 0 Å². The predicted molar refractivity (Wildman–Crippen MR) is 54.6 cm³/mol. The first-order valence-electron chi connectivity index (χ1n) is 3.81. The first-order chi connectivity index (χ1) is 6.75. The number of hydrogen-bond donors (Lipinski definition) is 1. The normalized spacial score (nSPS) is 10.3. The monoisotopic (exact) mass is 226 g/mol. The molecule has 0 aliphatic carbocycles. The molecule has 72 valence electrons. The van der Waals surface area contributed by atoms with Crippen molar-refractivity contribution in [1.82, 2.24) is 9.97 Å². The van der Waals surface area contributed by atoms with Crippen LogP contribution in [0.4, 0.5) is 0 Å². The maximum atomic E-state index is 10.4. The minimum absolute atomic E-state index is 0.0185. The molecule has 0 atom stereocenters. The maximum Gasteiger partial charge on any atom is 0.309 e. The van der Waals surface area contributed by atoms with Gasteiger partial charge in [0.05, 0.1) is 22.5 Å². The van der Waals surface area contributed by atoms with E-state index >= 15 is 0 Å². The molecule has 0 saturated carbocycles. The average Bonchev–Trinajstić information content (AvgIpc) is 2.69. The van der Waals surface area contributed by atoms with E-state index in [9.17, 15) is 4.79 Å². The number of aliphatic carboxylic acids is 1. The molecular weight excluding hydrogens is 220 g/mol. The van der Waals surface area contributed by atoms with Crippen LogP contribution in [-0.4, -0.2) is 21.0 Å². The van der Waals surface area contributed by atoms with Crippen LogP contribution < -0.4 is 0 Å². The van der Waals surface area contributed by atoms with E-state index in [1.54, 1.807) is 17.1 Å². The number of carbonyl (C=O) groups is 1. The molecule has 0 aliphatic rings. The van der Waals surface area contributed by atoms with E-state index in [-0.39, 0.29) is 6.42 Å². The van der Waals surface area contributed by atoms with E-state index < -0.39 is 5.97 Å². The van der Waals surface area contributed by atoms with Crippen LogP contribution in [0.15, 0.2) is 17.1 Å². The number of thiazole rings is 2. The zero-order valence-electron chi connectivity index (χ0n) is 7.01. The smallest absolute Gasteiger partial charge is 0.309 e. The molecule has 6 heteroatoms. The largest absolute Gasteiger partial charge is 0.481 e. The second kappa shape index (κ2) is 3.85. The molecule has 0 unspecified atom stereocenters. The Morgan fingerprint density at radius 3 is 3.00 bits per heavy atom. The lowest BCUT2D eigenvalue weighted by molar-refractivity contribution is -0.136. The summed E-state index contributed by atoms with van der Waals surface area (Å²) in [6.45, 7) is 0. The second-order valence-corrected chi connectivity index (χ2v) is 4.32. The topological polar surface area (TPSA) is 63.1 Å². The molecule has 4 nitrogen and oxygen atoms in total. The lowest BCUT2D eigenvalue weighted by atomic mass is 10.3. The van der Waals surface area contributed by atoms with Gasteiger partial charge in [0, 0.05) is 11.6 Å². The summed E-state index contributed by atoms with van der Waals surface area (Å²) in [5.74, 6) is -0.855. The van der Waals surface area contributed by atoms with Crippen molar-refractivity contribution in [1.29, 1.82) is 0 Å². The summed E-state index contributed by atoms with van der Waals surface area (Å²) in [6.07, 6.45) is 1.71. The van der Waals surface area contributed by atoms with Crippen molar-refractivity contribution in [3.63, 3.8) is 0 Å². The Kier molecular flexibility index (Phi) is 2.55. The Balaban J connectivity index is 2.22. The summed E-state index contributed by atoms with van der Waals surface area (Å²) in [6, 6.07) is 0. The van der Waals surface area contributed by atoms with Crippen LogP contribution in [-0.2, 0) is 11.2 Å². The molecule has 14 heavy (non-hydrogen) atoms. The second-order valence-electron chi connectivity index (χ2n) is 2.58. The molecule has 0 aliphatic heterocycles. The molecule has 2 aromatic heterocycles. The van der Waals surface area contributed by atoms with Crippen molar-refractivity contribution in [2.24, 2.45) is 0 Å². The number of carboxylic acid groups (broad SMARTS) is 1. The summed E-state index contributed by atoms with van der Waals surface area (Å²) < 4.78 is 0. The molecule has 0 spiro atoms. The van der Waals surface area contributed by atoms with E-state index in [1.165, 1.54) is 22.7 Å². The fraction of sp³-hybridized carbons (Fsp3) is 0.125. The van der Waals surface area contributed by atoms with E-state index in [0.29, 0.717) is 5.69 Å². The third-order valence-electron chi connectivity index (χ3n) is 1.53. The number of aromatic nitrogens is 2. The molecule has 0 saturated heterocycles. The summed E-state index contributed by atoms with van der Waals surface area (Å²) >= 11 is 2.94. The summed E-state index contributed by atoms with van der Waals surface area (Å²) in [5.41, 5.74) is 2.33. The van der Waals surface area contributed by atoms with Gasteiger partial charge in [-0.25, -0.2) is 4.98 Å². The van der Waals surface area contributed by atoms with E-state index in [1.807, 2.05) is 0 Å². The lowest BCUT2D eigenvalue weighted by Gasteiger charge is -1.87. The third-order valence-corrected chi connectivity index (χ3v) is 3.36. The SMILES string of the molecule is O=C(O)Cc1csc(-c2cncs2)n1. The van der Waals surface area contributed by atoms with Crippen LogP contribution in [0.25, 0.3) is 9.88 Å². The molecule has 0 bridgehead atoms. The zero-order valence-corrected chi connectivity index (χ0v) is 8.64. The highest BCUT2D eigenvalue weighted by atomic mass is 32.1. The van der Waals surface area contributed by atoms with Crippen molar-refractivity contribution in [2.75, 3.05) is 0 Å². The van der Waals surface area contributed by atoms with Gasteiger partial charge in [0.15, 0.2) is 0 Å². The molecule has 2 heterocycles. The van der Waals surface area contributed by atoms with Gasteiger partial charge in [-0.2, -0.15) is 0 Å². The highest BCUT2D eigenvalue weighted by molar-refractivity contribution is 7.19. The predicted octanol–water partition coefficient (Wildman–Crippen LogP) is 1.89. The van der Waals surface area contributed by atoms with Gasteiger partial charge in [0.25, 0.3) is 0 Å². The Labute approximate surface area is 87.9 Å². The fourth-order valence-electron chi connectivity index (χ4n) is 0.978. The van der Waals surface area contributed by atoms with Gasteiger partial charge in [-0.3, -0.25) is 9.78 Å². The van der Waals surface area contributed by atoms with Gasteiger partial charge >= 0.3 is 5.97 Å². The summed E-state index contributed by atoms with van der Waals surface area (Å²) in [5, 5.41) is 11.2. The number of nitrogens with zero attached hydrogens (tertiary/aromatic N) is 2. The zero-order chi connectivity index (χ0) is 9.97. The first-order valence-corrected chi connectivity index (χ1v) is 5.56. The fourth-order valence-corrected chi connectivity index (χ4v) is 2.49. The molecule has 2 rings (SSSR count). The standard InChI is InChI=1S/C8H6N2O2S2/c11-7(12)1-5-3-13-8(10-5)6-2-9-4-14-6/h2-4H,1H2,(H,11,12). The van der Waals surface area contributed by atoms with Crippen molar-refractivity contribution in [3.05, 3.63) is 22.8 Å². The van der Waals surface area contributed by atoms with Gasteiger partial charge in [-0.05, 0) is 0 Å². The van der Waals surface area contributed by atoms with Crippen LogP contribution in [0.3, 0.4) is 0 Å². The van der Waals surface area contributed by atoms with Crippen molar-refractivity contribution in [2.45, 2.75) is 6.42 Å². The Bertz CT molecular complexity index is 436. The van der Waals surface area contributed by atoms with Gasteiger partial charge in [-0.15, -0.1) is 22.7 Å². The first kappa shape index (κ1) is 9.29. The number of carboxylic acids is 1. The molecule has 0 aromatic carbocycles. The van der Waals surface area contributed by atoms with E-state index in [0.717, 1.165) is 9.88 Å². The van der Waals surface area contributed by atoms with Gasteiger partial charge in [0.2, 0.25) is 0 Å². The number of rotatable bonds is 3. The minimum Gasteiger partial charge on any atom is -0.481 e. The Morgan fingerprint density at radius 2 is 2.36 bits per heavy atom. The van der Waals surface area contributed by atoms with Crippen molar-refractivity contribution in [3.8, 4) is 9.88 Å². The Hall–Kier alpha value is -1.27. The molecule has 2 aromatic rings. The molecular formula is C8H6N2O2S2. The van der Waals surface area contributed by atoms with Crippen LogP contribution in [0.2, 0.25) is 0 Å². The molecule has 0 amide bonds. The quantitative estimate of drug-likeness (QED) is 0.868.